The van der Waals surface area contributed by atoms with Crippen LogP contribution in [-0.2, 0) is 0 Å². The first-order valence-corrected chi connectivity index (χ1v) is 6.78. The van der Waals surface area contributed by atoms with E-state index in [4.69, 9.17) is 21.8 Å². The van der Waals surface area contributed by atoms with Crippen LogP contribution in [0.3, 0.4) is 0 Å². The average molecular weight is 301 g/mol. The van der Waals surface area contributed by atoms with E-state index in [1.54, 1.807) is 30.3 Å². The van der Waals surface area contributed by atoms with E-state index >= 15 is 0 Å². The maximum atomic E-state index is 12.3. The zero-order chi connectivity index (χ0) is 15.0. The zero-order valence-electron chi connectivity index (χ0n) is 11.3. The Morgan fingerprint density at radius 1 is 1.24 bits per heavy atom. The van der Waals surface area contributed by atoms with Gasteiger partial charge in [0.15, 0.2) is 5.76 Å². The predicted molar refractivity (Wildman–Crippen MR) is 84.8 cm³/mol. The number of aryl methyl sites for hydroxylation is 1. The topological polar surface area (TPSA) is 68.3 Å². The van der Waals surface area contributed by atoms with Gasteiger partial charge in [-0.15, -0.1) is 0 Å². The molecule has 0 bridgehead atoms. The molecule has 106 valence electrons. The van der Waals surface area contributed by atoms with Gasteiger partial charge in [-0.3, -0.25) is 4.79 Å². The SMILES string of the molecule is Cc1cccc(Cl)c1NC(=O)c1cc2cc(N)ccc2o1. The van der Waals surface area contributed by atoms with Gasteiger partial charge in [0.25, 0.3) is 5.91 Å². The second-order valence-electron chi connectivity index (χ2n) is 4.79. The van der Waals surface area contributed by atoms with Crippen LogP contribution in [-0.4, -0.2) is 5.91 Å². The van der Waals surface area contributed by atoms with Crippen molar-refractivity contribution in [2.45, 2.75) is 6.92 Å². The van der Waals surface area contributed by atoms with Crippen LogP contribution in [0.5, 0.6) is 0 Å². The van der Waals surface area contributed by atoms with Gasteiger partial charge in [-0.05, 0) is 42.8 Å². The highest BCUT2D eigenvalue weighted by Gasteiger charge is 2.15. The molecule has 3 rings (SSSR count). The van der Waals surface area contributed by atoms with Gasteiger partial charge >= 0.3 is 0 Å². The maximum absolute atomic E-state index is 12.3. The Morgan fingerprint density at radius 3 is 2.81 bits per heavy atom. The summed E-state index contributed by atoms with van der Waals surface area (Å²) >= 11 is 6.10. The van der Waals surface area contributed by atoms with Crippen LogP contribution >= 0.6 is 11.6 Å². The van der Waals surface area contributed by atoms with Crippen LogP contribution in [0.4, 0.5) is 11.4 Å². The van der Waals surface area contributed by atoms with Gasteiger partial charge in [-0.1, -0.05) is 23.7 Å². The highest BCUT2D eigenvalue weighted by Crippen LogP contribution is 2.27. The fraction of sp³-hybridized carbons (Fsp3) is 0.0625. The Hall–Kier alpha value is -2.46. The Kier molecular flexibility index (Phi) is 3.31. The number of para-hydroxylation sites is 1. The van der Waals surface area contributed by atoms with Crippen molar-refractivity contribution in [2.24, 2.45) is 0 Å². The molecule has 0 saturated carbocycles. The number of fused-ring (bicyclic) bond motifs is 1. The molecule has 5 heteroatoms. The average Bonchev–Trinajstić information content (AvgIpc) is 2.86. The summed E-state index contributed by atoms with van der Waals surface area (Å²) in [6.07, 6.45) is 0. The van der Waals surface area contributed by atoms with E-state index in [-0.39, 0.29) is 11.7 Å². The molecule has 0 radical (unpaired) electrons. The Balaban J connectivity index is 1.94. The summed E-state index contributed by atoms with van der Waals surface area (Å²) in [4.78, 5) is 12.3. The third-order valence-corrected chi connectivity index (χ3v) is 3.54. The van der Waals surface area contributed by atoms with Crippen LogP contribution in [0.15, 0.2) is 46.9 Å². The van der Waals surface area contributed by atoms with E-state index in [9.17, 15) is 4.79 Å². The molecular formula is C16H13ClN2O2. The smallest absolute Gasteiger partial charge is 0.291 e. The number of nitrogen functional groups attached to an aromatic ring is 1. The number of nitrogens with one attached hydrogen (secondary N) is 1. The highest BCUT2D eigenvalue weighted by atomic mass is 35.5. The lowest BCUT2D eigenvalue weighted by molar-refractivity contribution is 0.0998. The minimum Gasteiger partial charge on any atom is -0.451 e. The molecule has 1 heterocycles. The van der Waals surface area contributed by atoms with E-state index in [0.717, 1.165) is 10.9 Å². The number of nitrogens with two attached hydrogens (primary N) is 1. The van der Waals surface area contributed by atoms with Gasteiger partial charge < -0.3 is 15.5 Å². The van der Waals surface area contributed by atoms with Gasteiger partial charge in [0.2, 0.25) is 0 Å². The number of rotatable bonds is 2. The molecule has 0 aliphatic rings. The predicted octanol–water partition coefficient (Wildman–Crippen LogP) is 4.23. The lowest BCUT2D eigenvalue weighted by Gasteiger charge is -2.08. The van der Waals surface area contributed by atoms with Crippen molar-refractivity contribution >= 4 is 39.9 Å². The number of carbonyl (C=O) groups is 1. The quantitative estimate of drug-likeness (QED) is 0.696. The molecular weight excluding hydrogens is 288 g/mol. The third-order valence-electron chi connectivity index (χ3n) is 3.22. The van der Waals surface area contributed by atoms with Crippen molar-refractivity contribution in [3.05, 3.63) is 58.8 Å². The molecule has 1 amide bonds. The Morgan fingerprint density at radius 2 is 2.05 bits per heavy atom. The van der Waals surface area contributed by atoms with E-state index in [2.05, 4.69) is 5.32 Å². The van der Waals surface area contributed by atoms with Crippen molar-refractivity contribution in [1.29, 1.82) is 0 Å². The van der Waals surface area contributed by atoms with Crippen LogP contribution < -0.4 is 11.1 Å². The summed E-state index contributed by atoms with van der Waals surface area (Å²) in [5.74, 6) is -0.129. The number of amides is 1. The molecule has 4 nitrogen and oxygen atoms in total. The van der Waals surface area contributed by atoms with Gasteiger partial charge in [-0.25, -0.2) is 0 Å². The van der Waals surface area contributed by atoms with E-state index < -0.39 is 0 Å². The molecule has 3 aromatic rings. The summed E-state index contributed by atoms with van der Waals surface area (Å²) in [7, 11) is 0. The van der Waals surface area contributed by atoms with Gasteiger partial charge in [0.1, 0.15) is 5.58 Å². The molecule has 21 heavy (non-hydrogen) atoms. The fourth-order valence-corrected chi connectivity index (χ4v) is 2.41. The molecule has 2 aromatic carbocycles. The summed E-state index contributed by atoms with van der Waals surface area (Å²) in [6, 6.07) is 12.3. The molecule has 0 aliphatic carbocycles. The first kappa shape index (κ1) is 13.5. The van der Waals surface area contributed by atoms with Crippen LogP contribution in [0.25, 0.3) is 11.0 Å². The van der Waals surface area contributed by atoms with Gasteiger partial charge in [0.05, 0.1) is 10.7 Å². The normalized spacial score (nSPS) is 10.8. The van der Waals surface area contributed by atoms with Crippen molar-refractivity contribution in [2.75, 3.05) is 11.1 Å². The molecule has 0 aliphatic heterocycles. The standard InChI is InChI=1S/C16H13ClN2O2/c1-9-3-2-4-12(17)15(9)19-16(20)14-8-10-7-11(18)5-6-13(10)21-14/h2-8H,18H2,1H3,(H,19,20). The summed E-state index contributed by atoms with van der Waals surface area (Å²) in [5.41, 5.74) is 8.42. The van der Waals surface area contributed by atoms with E-state index in [0.29, 0.717) is 22.0 Å². The molecule has 3 N–H and O–H groups in total. The molecule has 0 fully saturated rings. The molecule has 1 aromatic heterocycles. The largest absolute Gasteiger partial charge is 0.451 e. The van der Waals surface area contributed by atoms with E-state index in [1.165, 1.54) is 0 Å². The molecule has 0 saturated heterocycles. The van der Waals surface area contributed by atoms with Crippen molar-refractivity contribution in [1.82, 2.24) is 0 Å². The lowest BCUT2D eigenvalue weighted by atomic mass is 10.2. The minimum absolute atomic E-state index is 0.218. The second kappa shape index (κ2) is 5.14. The fourth-order valence-electron chi connectivity index (χ4n) is 2.14. The molecule has 0 spiro atoms. The zero-order valence-corrected chi connectivity index (χ0v) is 12.1. The summed E-state index contributed by atoms with van der Waals surface area (Å²) in [6.45, 7) is 1.88. The van der Waals surface area contributed by atoms with Crippen molar-refractivity contribution < 1.29 is 9.21 Å². The summed E-state index contributed by atoms with van der Waals surface area (Å²) < 4.78 is 5.53. The number of benzene rings is 2. The van der Waals surface area contributed by atoms with Gasteiger partial charge in [0, 0.05) is 11.1 Å². The first-order valence-electron chi connectivity index (χ1n) is 6.40. The maximum Gasteiger partial charge on any atom is 0.291 e. The van der Waals surface area contributed by atoms with E-state index in [1.807, 2.05) is 19.1 Å². The highest BCUT2D eigenvalue weighted by molar-refractivity contribution is 6.34. The Labute approximate surface area is 126 Å². The number of hydrogen-bond acceptors (Lipinski definition) is 3. The first-order chi connectivity index (χ1) is 10.0. The second-order valence-corrected chi connectivity index (χ2v) is 5.20. The number of anilines is 2. The molecule has 0 atom stereocenters. The number of carbonyl (C=O) groups excluding carboxylic acids is 1. The summed E-state index contributed by atoms with van der Waals surface area (Å²) in [5, 5.41) is 4.05. The van der Waals surface area contributed by atoms with Crippen molar-refractivity contribution in [3.8, 4) is 0 Å². The molecule has 0 unspecified atom stereocenters. The van der Waals surface area contributed by atoms with Crippen LogP contribution in [0.1, 0.15) is 16.1 Å². The van der Waals surface area contributed by atoms with Gasteiger partial charge in [-0.2, -0.15) is 0 Å². The number of furan rings is 1. The number of halogens is 1. The van der Waals surface area contributed by atoms with Crippen LogP contribution in [0.2, 0.25) is 5.02 Å². The lowest BCUT2D eigenvalue weighted by Crippen LogP contribution is -2.12. The number of hydrogen-bond donors (Lipinski definition) is 2. The Bertz CT molecular complexity index is 819. The minimum atomic E-state index is -0.346. The van der Waals surface area contributed by atoms with Crippen LogP contribution in [0, 0.1) is 6.92 Å². The van der Waals surface area contributed by atoms with Crippen molar-refractivity contribution in [3.63, 3.8) is 0 Å². The monoisotopic (exact) mass is 300 g/mol. The third kappa shape index (κ3) is 2.58.